The normalized spacial score (nSPS) is 15.0. The first-order valence-electron chi connectivity index (χ1n) is 6.24. The standard InChI is InChI=1S/C14H14N2O5/c1-3-20-7-11-10-6-9(21-14(15)19)4-5-12(10)16(8(2)17)13(11)18/h4-7H,3H2,1-2H3,(H2,15,19). The second kappa shape index (κ2) is 5.66. The van der Waals surface area contributed by atoms with Gasteiger partial charge in [0.05, 0.1) is 24.1 Å². The molecule has 1 heterocycles. The fourth-order valence-corrected chi connectivity index (χ4v) is 2.04. The van der Waals surface area contributed by atoms with Gasteiger partial charge >= 0.3 is 6.09 Å². The fourth-order valence-electron chi connectivity index (χ4n) is 2.04. The number of carbonyl (C=O) groups excluding carboxylic acids is 3. The van der Waals surface area contributed by atoms with E-state index in [0.29, 0.717) is 17.9 Å². The Morgan fingerprint density at radius 3 is 2.67 bits per heavy atom. The second-order valence-electron chi connectivity index (χ2n) is 4.25. The Labute approximate surface area is 120 Å². The van der Waals surface area contributed by atoms with Crippen LogP contribution < -0.4 is 15.4 Å². The van der Waals surface area contributed by atoms with Crippen LogP contribution in [0.15, 0.2) is 24.5 Å². The van der Waals surface area contributed by atoms with Crippen LogP contribution in [0.2, 0.25) is 0 Å². The molecule has 1 aromatic carbocycles. The van der Waals surface area contributed by atoms with Crippen LogP contribution in [0.3, 0.4) is 0 Å². The van der Waals surface area contributed by atoms with Crippen molar-refractivity contribution in [3.8, 4) is 5.75 Å². The first kappa shape index (κ1) is 14.6. The zero-order valence-electron chi connectivity index (χ0n) is 11.6. The van der Waals surface area contributed by atoms with E-state index in [4.69, 9.17) is 15.2 Å². The van der Waals surface area contributed by atoms with Gasteiger partial charge in [-0.05, 0) is 25.1 Å². The smallest absolute Gasteiger partial charge is 0.409 e. The van der Waals surface area contributed by atoms with Crippen molar-refractivity contribution in [2.24, 2.45) is 5.73 Å². The number of nitrogens with two attached hydrogens (primary N) is 1. The quantitative estimate of drug-likeness (QED) is 0.670. The van der Waals surface area contributed by atoms with Gasteiger partial charge in [0, 0.05) is 12.5 Å². The number of nitrogens with zero attached hydrogens (tertiary/aromatic N) is 1. The highest BCUT2D eigenvalue weighted by molar-refractivity contribution is 6.39. The summed E-state index contributed by atoms with van der Waals surface area (Å²) in [6, 6.07) is 4.43. The molecule has 0 atom stereocenters. The largest absolute Gasteiger partial charge is 0.501 e. The molecule has 2 rings (SSSR count). The molecule has 0 radical (unpaired) electrons. The van der Waals surface area contributed by atoms with Gasteiger partial charge in [0.15, 0.2) is 0 Å². The van der Waals surface area contributed by atoms with Gasteiger partial charge in [-0.15, -0.1) is 0 Å². The monoisotopic (exact) mass is 290 g/mol. The van der Waals surface area contributed by atoms with Crippen LogP contribution in [0, 0.1) is 0 Å². The van der Waals surface area contributed by atoms with E-state index in [1.54, 1.807) is 6.92 Å². The highest BCUT2D eigenvalue weighted by atomic mass is 16.5. The van der Waals surface area contributed by atoms with Gasteiger partial charge in [-0.25, -0.2) is 9.69 Å². The van der Waals surface area contributed by atoms with Crippen molar-refractivity contribution in [3.63, 3.8) is 0 Å². The molecule has 3 amide bonds. The zero-order valence-corrected chi connectivity index (χ0v) is 11.6. The minimum absolute atomic E-state index is 0.182. The lowest BCUT2D eigenvalue weighted by molar-refractivity contribution is -0.122. The summed E-state index contributed by atoms with van der Waals surface area (Å²) in [6.45, 7) is 3.44. The van der Waals surface area contributed by atoms with Crippen molar-refractivity contribution in [3.05, 3.63) is 30.0 Å². The number of rotatable bonds is 3. The van der Waals surface area contributed by atoms with Crippen molar-refractivity contribution >= 4 is 29.2 Å². The van der Waals surface area contributed by atoms with E-state index in [1.807, 2.05) is 0 Å². The number of carbonyl (C=O) groups is 3. The second-order valence-corrected chi connectivity index (χ2v) is 4.25. The molecule has 0 aromatic heterocycles. The molecule has 0 fully saturated rings. The number of fused-ring (bicyclic) bond motifs is 1. The molecule has 0 saturated heterocycles. The predicted molar refractivity (Wildman–Crippen MR) is 74.4 cm³/mol. The van der Waals surface area contributed by atoms with Crippen LogP contribution in [0.4, 0.5) is 10.5 Å². The van der Waals surface area contributed by atoms with E-state index in [0.717, 1.165) is 4.90 Å². The molecule has 1 aliphatic heterocycles. The maximum absolute atomic E-state index is 12.3. The topological polar surface area (TPSA) is 98.9 Å². The molecule has 2 N–H and O–H groups in total. The van der Waals surface area contributed by atoms with Gasteiger partial charge < -0.3 is 15.2 Å². The maximum Gasteiger partial charge on any atom is 0.409 e. The lowest BCUT2D eigenvalue weighted by Crippen LogP contribution is -2.31. The summed E-state index contributed by atoms with van der Waals surface area (Å²) >= 11 is 0. The highest BCUT2D eigenvalue weighted by Crippen LogP contribution is 2.39. The summed E-state index contributed by atoms with van der Waals surface area (Å²) < 4.78 is 9.92. The molecule has 21 heavy (non-hydrogen) atoms. The van der Waals surface area contributed by atoms with Gasteiger partial charge in [0.2, 0.25) is 5.91 Å². The van der Waals surface area contributed by atoms with Crippen molar-refractivity contribution in [2.45, 2.75) is 13.8 Å². The Morgan fingerprint density at radius 2 is 2.10 bits per heavy atom. The molecule has 0 unspecified atom stereocenters. The minimum Gasteiger partial charge on any atom is -0.501 e. The molecule has 0 saturated carbocycles. The van der Waals surface area contributed by atoms with Gasteiger partial charge in [-0.2, -0.15) is 0 Å². The Balaban J connectivity index is 2.52. The number of hydrogen-bond acceptors (Lipinski definition) is 5. The number of anilines is 1. The number of amides is 3. The SMILES string of the molecule is CCOC=C1C(=O)N(C(C)=O)c2ccc(OC(N)=O)cc21. The summed E-state index contributed by atoms with van der Waals surface area (Å²) in [7, 11) is 0. The Hall–Kier alpha value is -2.83. The molecule has 7 heteroatoms. The molecular weight excluding hydrogens is 276 g/mol. The van der Waals surface area contributed by atoms with Crippen molar-refractivity contribution in [1.29, 1.82) is 0 Å². The highest BCUT2D eigenvalue weighted by Gasteiger charge is 2.35. The molecule has 0 aliphatic carbocycles. The third-order valence-corrected chi connectivity index (χ3v) is 2.83. The Kier molecular flexibility index (Phi) is 3.93. The number of primary amides is 1. The molecule has 110 valence electrons. The molecule has 0 bridgehead atoms. The Bertz CT molecular complexity index is 651. The summed E-state index contributed by atoms with van der Waals surface area (Å²) in [5.74, 6) is -0.714. The summed E-state index contributed by atoms with van der Waals surface area (Å²) in [6.07, 6.45) is 0.330. The van der Waals surface area contributed by atoms with Crippen LogP contribution >= 0.6 is 0 Å². The Morgan fingerprint density at radius 1 is 1.38 bits per heavy atom. The van der Waals surface area contributed by atoms with Crippen molar-refractivity contribution in [1.82, 2.24) is 0 Å². The van der Waals surface area contributed by atoms with Crippen LogP contribution in [-0.2, 0) is 14.3 Å². The van der Waals surface area contributed by atoms with Crippen molar-refractivity contribution < 1.29 is 23.9 Å². The van der Waals surface area contributed by atoms with Gasteiger partial charge in [-0.1, -0.05) is 0 Å². The molecule has 1 aromatic rings. The third-order valence-electron chi connectivity index (χ3n) is 2.83. The summed E-state index contributed by atoms with van der Waals surface area (Å²) in [5.41, 5.74) is 6.03. The molecule has 7 nitrogen and oxygen atoms in total. The van der Waals surface area contributed by atoms with Gasteiger partial charge in [-0.3, -0.25) is 9.59 Å². The van der Waals surface area contributed by atoms with Crippen LogP contribution in [0.25, 0.3) is 5.57 Å². The summed E-state index contributed by atoms with van der Waals surface area (Å²) in [5, 5.41) is 0. The maximum atomic E-state index is 12.3. The van der Waals surface area contributed by atoms with E-state index in [2.05, 4.69) is 0 Å². The summed E-state index contributed by atoms with van der Waals surface area (Å²) in [4.78, 5) is 35.7. The number of imide groups is 1. The van der Waals surface area contributed by atoms with Gasteiger partial charge in [0.25, 0.3) is 5.91 Å². The molecular formula is C14H14N2O5. The average Bonchev–Trinajstić information content (AvgIpc) is 2.67. The van der Waals surface area contributed by atoms with Crippen LogP contribution in [0.5, 0.6) is 5.75 Å². The van der Waals surface area contributed by atoms with Crippen LogP contribution in [0.1, 0.15) is 19.4 Å². The van der Waals surface area contributed by atoms with E-state index in [1.165, 1.54) is 31.4 Å². The lowest BCUT2D eigenvalue weighted by atomic mass is 10.1. The van der Waals surface area contributed by atoms with E-state index in [9.17, 15) is 14.4 Å². The van der Waals surface area contributed by atoms with Gasteiger partial charge in [0.1, 0.15) is 5.75 Å². The predicted octanol–water partition coefficient (Wildman–Crippen LogP) is 1.41. The van der Waals surface area contributed by atoms with E-state index >= 15 is 0 Å². The number of benzene rings is 1. The van der Waals surface area contributed by atoms with Crippen LogP contribution in [-0.4, -0.2) is 24.5 Å². The molecule has 0 spiro atoms. The van der Waals surface area contributed by atoms with E-state index < -0.39 is 17.9 Å². The lowest BCUT2D eigenvalue weighted by Gasteiger charge is -2.12. The fraction of sp³-hybridized carbons (Fsp3) is 0.214. The first-order valence-corrected chi connectivity index (χ1v) is 6.24. The number of ether oxygens (including phenoxy) is 2. The third kappa shape index (κ3) is 2.71. The van der Waals surface area contributed by atoms with Crippen molar-refractivity contribution in [2.75, 3.05) is 11.5 Å². The zero-order chi connectivity index (χ0) is 15.6. The first-order chi connectivity index (χ1) is 9.95. The average molecular weight is 290 g/mol. The van der Waals surface area contributed by atoms with E-state index in [-0.39, 0.29) is 11.3 Å². The number of hydrogen-bond donors (Lipinski definition) is 1. The minimum atomic E-state index is -0.960. The molecule has 1 aliphatic rings.